The number of benzene rings is 2. The Morgan fingerprint density at radius 1 is 1.14 bits per heavy atom. The van der Waals surface area contributed by atoms with Crippen LogP contribution in [0.25, 0.3) is 0 Å². The van der Waals surface area contributed by atoms with Gasteiger partial charge in [0.05, 0.1) is 20.3 Å². The van der Waals surface area contributed by atoms with Crippen LogP contribution in [0.4, 0.5) is 0 Å². The Kier molecular flexibility index (Phi) is 6.26. The third-order valence-electron chi connectivity index (χ3n) is 5.07. The topological polar surface area (TPSA) is 85.3 Å². The first-order valence-electron chi connectivity index (χ1n) is 9.42. The van der Waals surface area contributed by atoms with Gasteiger partial charge in [-0.25, -0.2) is 4.79 Å². The van der Waals surface area contributed by atoms with Crippen LogP contribution in [-0.2, 0) is 9.53 Å². The molecule has 29 heavy (non-hydrogen) atoms. The lowest BCUT2D eigenvalue weighted by Gasteiger charge is -2.26. The van der Waals surface area contributed by atoms with Gasteiger partial charge in [-0.1, -0.05) is 11.6 Å². The molecule has 0 aromatic heterocycles. The number of hydrogen-bond donors (Lipinski definition) is 1. The summed E-state index contributed by atoms with van der Waals surface area (Å²) in [6.07, 6.45) is 1.62. The van der Waals surface area contributed by atoms with Crippen LogP contribution in [0.1, 0.15) is 40.4 Å². The van der Waals surface area contributed by atoms with Crippen molar-refractivity contribution in [3.63, 3.8) is 0 Å². The summed E-state index contributed by atoms with van der Waals surface area (Å²) in [5, 5.41) is 9.86. The van der Waals surface area contributed by atoms with Gasteiger partial charge in [0, 0.05) is 12.1 Å². The average molecular weight is 399 g/mol. The van der Waals surface area contributed by atoms with Gasteiger partial charge in [0.15, 0.2) is 6.61 Å². The first-order chi connectivity index (χ1) is 13.9. The summed E-state index contributed by atoms with van der Waals surface area (Å²) in [7, 11) is 3.17. The summed E-state index contributed by atoms with van der Waals surface area (Å²) in [6, 6.07) is 9.95. The van der Waals surface area contributed by atoms with Crippen LogP contribution in [0.5, 0.6) is 17.2 Å². The smallest absolute Gasteiger partial charge is 0.342 e. The molecule has 0 radical (unpaired) electrons. The van der Waals surface area contributed by atoms with E-state index in [9.17, 15) is 14.7 Å². The zero-order valence-electron chi connectivity index (χ0n) is 16.8. The molecule has 0 bridgehead atoms. The molecular weight excluding hydrogens is 374 g/mol. The quantitative estimate of drug-likeness (QED) is 0.751. The number of rotatable bonds is 6. The predicted octanol–water partition coefficient (Wildman–Crippen LogP) is 3.24. The maximum Gasteiger partial charge on any atom is 0.342 e. The van der Waals surface area contributed by atoms with Crippen LogP contribution in [0, 0.1) is 6.92 Å². The van der Waals surface area contributed by atoms with Crippen molar-refractivity contribution >= 4 is 11.9 Å². The van der Waals surface area contributed by atoms with Crippen LogP contribution >= 0.6 is 0 Å². The fourth-order valence-corrected chi connectivity index (χ4v) is 3.59. The molecule has 1 aliphatic rings. The van der Waals surface area contributed by atoms with E-state index in [-0.39, 0.29) is 23.3 Å². The monoisotopic (exact) mass is 399 g/mol. The summed E-state index contributed by atoms with van der Waals surface area (Å²) >= 11 is 0. The molecule has 1 fully saturated rings. The van der Waals surface area contributed by atoms with Crippen LogP contribution in [0.15, 0.2) is 36.4 Å². The number of likely N-dealkylation sites (tertiary alicyclic amines) is 1. The number of aryl methyl sites for hydroxylation is 1. The highest BCUT2D eigenvalue weighted by Crippen LogP contribution is 2.39. The third-order valence-corrected chi connectivity index (χ3v) is 5.07. The summed E-state index contributed by atoms with van der Waals surface area (Å²) in [4.78, 5) is 26.8. The van der Waals surface area contributed by atoms with Gasteiger partial charge in [-0.05, 0) is 50.1 Å². The number of carbonyl (C=O) groups excluding carboxylic acids is 2. The molecule has 3 rings (SSSR count). The van der Waals surface area contributed by atoms with Gasteiger partial charge in [0.2, 0.25) is 0 Å². The summed E-state index contributed by atoms with van der Waals surface area (Å²) in [5.74, 6) is 0.166. The van der Waals surface area contributed by atoms with Crippen molar-refractivity contribution in [1.29, 1.82) is 0 Å². The minimum absolute atomic E-state index is 0.0465. The molecule has 1 atom stereocenters. The predicted molar refractivity (Wildman–Crippen MR) is 106 cm³/mol. The molecule has 1 heterocycles. The number of hydrogen-bond acceptors (Lipinski definition) is 6. The van der Waals surface area contributed by atoms with Gasteiger partial charge < -0.3 is 24.2 Å². The molecule has 1 amide bonds. The van der Waals surface area contributed by atoms with Gasteiger partial charge in [-0.2, -0.15) is 0 Å². The van der Waals surface area contributed by atoms with E-state index in [1.54, 1.807) is 38.2 Å². The summed E-state index contributed by atoms with van der Waals surface area (Å²) in [5.41, 5.74) is 1.72. The number of methoxy groups -OCH3 is 2. The maximum atomic E-state index is 12.8. The van der Waals surface area contributed by atoms with E-state index in [1.165, 1.54) is 12.1 Å². The van der Waals surface area contributed by atoms with Crippen molar-refractivity contribution in [2.45, 2.75) is 25.8 Å². The Labute approximate surface area is 169 Å². The highest BCUT2D eigenvalue weighted by molar-refractivity contribution is 5.94. The standard InChI is InChI=1S/C22H25NO6/c1-14-6-8-19(24)17(11-14)22(26)29-13-21(25)23-10-4-5-18(23)16-12-15(27-2)7-9-20(16)28-3/h6-9,11-12,18,24H,4-5,10,13H2,1-3H3/t18-/m1/s1. The highest BCUT2D eigenvalue weighted by atomic mass is 16.5. The lowest BCUT2D eigenvalue weighted by molar-refractivity contribution is -0.135. The van der Waals surface area contributed by atoms with E-state index in [0.29, 0.717) is 18.0 Å². The second kappa shape index (κ2) is 8.86. The minimum atomic E-state index is -0.728. The Balaban J connectivity index is 1.72. The highest BCUT2D eigenvalue weighted by Gasteiger charge is 2.32. The average Bonchev–Trinajstić information content (AvgIpc) is 3.22. The van der Waals surface area contributed by atoms with Crippen molar-refractivity contribution in [2.75, 3.05) is 27.4 Å². The van der Waals surface area contributed by atoms with Gasteiger partial charge in [0.1, 0.15) is 22.8 Å². The zero-order valence-corrected chi connectivity index (χ0v) is 16.8. The number of carbonyl (C=O) groups is 2. The van der Waals surface area contributed by atoms with Crippen LogP contribution in [0.3, 0.4) is 0 Å². The van der Waals surface area contributed by atoms with Crippen molar-refractivity contribution in [1.82, 2.24) is 4.90 Å². The Bertz CT molecular complexity index is 910. The fraction of sp³-hybridized carbons (Fsp3) is 0.364. The summed E-state index contributed by atoms with van der Waals surface area (Å²) in [6.45, 7) is 1.98. The van der Waals surface area contributed by atoms with E-state index in [0.717, 1.165) is 24.0 Å². The molecular formula is C22H25NO6. The fourth-order valence-electron chi connectivity index (χ4n) is 3.59. The number of amides is 1. The van der Waals surface area contributed by atoms with E-state index in [2.05, 4.69) is 0 Å². The first kappa shape index (κ1) is 20.5. The maximum absolute atomic E-state index is 12.8. The van der Waals surface area contributed by atoms with E-state index >= 15 is 0 Å². The molecule has 1 saturated heterocycles. The van der Waals surface area contributed by atoms with Gasteiger partial charge in [-0.15, -0.1) is 0 Å². The molecule has 1 N–H and O–H groups in total. The molecule has 2 aromatic carbocycles. The number of phenols is 1. The van der Waals surface area contributed by atoms with Gasteiger partial charge >= 0.3 is 5.97 Å². The number of phenolic OH excluding ortho intramolecular Hbond substituents is 1. The molecule has 2 aromatic rings. The number of ether oxygens (including phenoxy) is 3. The van der Waals surface area contributed by atoms with Crippen LogP contribution in [0.2, 0.25) is 0 Å². The first-order valence-corrected chi connectivity index (χ1v) is 9.42. The molecule has 0 aliphatic carbocycles. The molecule has 0 unspecified atom stereocenters. The second-order valence-electron chi connectivity index (χ2n) is 6.95. The Morgan fingerprint density at radius 2 is 1.93 bits per heavy atom. The number of nitrogens with zero attached hydrogens (tertiary/aromatic N) is 1. The minimum Gasteiger partial charge on any atom is -0.507 e. The molecule has 7 nitrogen and oxygen atoms in total. The lowest BCUT2D eigenvalue weighted by Crippen LogP contribution is -2.34. The van der Waals surface area contributed by atoms with Crippen molar-refractivity contribution < 1.29 is 28.9 Å². The summed E-state index contributed by atoms with van der Waals surface area (Å²) < 4.78 is 15.9. The van der Waals surface area contributed by atoms with Crippen LogP contribution < -0.4 is 9.47 Å². The van der Waals surface area contributed by atoms with E-state index in [1.807, 2.05) is 12.1 Å². The van der Waals surface area contributed by atoms with E-state index < -0.39 is 12.6 Å². The molecule has 1 aliphatic heterocycles. The lowest BCUT2D eigenvalue weighted by atomic mass is 10.0. The number of aromatic hydroxyl groups is 1. The molecule has 154 valence electrons. The second-order valence-corrected chi connectivity index (χ2v) is 6.95. The Morgan fingerprint density at radius 3 is 2.66 bits per heavy atom. The van der Waals surface area contributed by atoms with Crippen molar-refractivity contribution in [3.05, 3.63) is 53.1 Å². The van der Waals surface area contributed by atoms with Gasteiger partial charge in [-0.3, -0.25) is 4.79 Å². The molecule has 0 spiro atoms. The molecule has 7 heteroatoms. The van der Waals surface area contributed by atoms with Crippen molar-refractivity contribution in [3.8, 4) is 17.2 Å². The normalized spacial score (nSPS) is 15.8. The number of esters is 1. The third kappa shape index (κ3) is 4.45. The van der Waals surface area contributed by atoms with Gasteiger partial charge in [0.25, 0.3) is 5.91 Å². The zero-order chi connectivity index (χ0) is 21.0. The molecule has 0 saturated carbocycles. The van der Waals surface area contributed by atoms with Crippen molar-refractivity contribution in [2.24, 2.45) is 0 Å². The largest absolute Gasteiger partial charge is 0.507 e. The van der Waals surface area contributed by atoms with E-state index in [4.69, 9.17) is 14.2 Å². The Hall–Kier alpha value is -3.22. The SMILES string of the molecule is COc1ccc(OC)c([C@H]2CCCN2C(=O)COC(=O)c2cc(C)ccc2O)c1. The van der Waals surface area contributed by atoms with Crippen LogP contribution in [-0.4, -0.2) is 49.3 Å².